The van der Waals surface area contributed by atoms with Crippen molar-refractivity contribution in [3.05, 3.63) is 29.3 Å². The van der Waals surface area contributed by atoms with Crippen LogP contribution < -0.4 is 10.6 Å². The zero-order valence-electron chi connectivity index (χ0n) is 18.9. The van der Waals surface area contributed by atoms with Gasteiger partial charge in [0.25, 0.3) is 0 Å². The number of anilines is 1. The average Bonchev–Trinajstić information content (AvgIpc) is 3.00. The lowest BCUT2D eigenvalue weighted by Crippen LogP contribution is -2.34. The van der Waals surface area contributed by atoms with E-state index < -0.39 is 0 Å². The first-order valence-electron chi connectivity index (χ1n) is 10.9. The second-order valence-electron chi connectivity index (χ2n) is 6.95. The zero-order chi connectivity index (χ0) is 21.5. The molecule has 1 fully saturated rings. The molecule has 2 N–H and O–H groups in total. The van der Waals surface area contributed by atoms with E-state index in [1.807, 2.05) is 26.8 Å². The van der Waals surface area contributed by atoms with Gasteiger partial charge in [0.2, 0.25) is 11.9 Å². The van der Waals surface area contributed by atoms with E-state index in [9.17, 15) is 0 Å². The summed E-state index contributed by atoms with van der Waals surface area (Å²) >= 11 is 0. The summed E-state index contributed by atoms with van der Waals surface area (Å²) in [5.41, 5.74) is 3.40. The summed E-state index contributed by atoms with van der Waals surface area (Å²) < 4.78 is 5.38. The summed E-state index contributed by atoms with van der Waals surface area (Å²) in [6.07, 6.45) is 7.39. The largest absolute Gasteiger partial charge is 0.359 e. The summed E-state index contributed by atoms with van der Waals surface area (Å²) in [5, 5.41) is 6.71. The van der Waals surface area contributed by atoms with Crippen LogP contribution in [-0.2, 0) is 4.74 Å². The van der Waals surface area contributed by atoms with Crippen LogP contribution in [0.5, 0.6) is 0 Å². The van der Waals surface area contributed by atoms with Crippen LogP contribution in [0.25, 0.3) is 0 Å². The molecule has 0 spiro atoms. The second-order valence-corrected chi connectivity index (χ2v) is 6.95. The fourth-order valence-corrected chi connectivity index (χ4v) is 3.07. The molecule has 2 rings (SSSR count). The SMILES string of the molecule is C=N/C(=N\C(=N/COCC)NC1CCCCCC1)Nc1ccc(C)c(C)c1.CC. The Labute approximate surface area is 177 Å². The molecular weight excluding hydrogens is 362 g/mol. The molecule has 0 atom stereocenters. The van der Waals surface area contributed by atoms with E-state index >= 15 is 0 Å². The van der Waals surface area contributed by atoms with Gasteiger partial charge in [-0.25, -0.2) is 9.98 Å². The van der Waals surface area contributed by atoms with E-state index in [-0.39, 0.29) is 6.73 Å². The molecule has 0 radical (unpaired) electrons. The first-order valence-corrected chi connectivity index (χ1v) is 10.9. The molecular formula is C23H39N5O. The number of aryl methyl sites for hydroxylation is 2. The third-order valence-corrected chi connectivity index (χ3v) is 4.82. The molecule has 1 saturated carbocycles. The van der Waals surface area contributed by atoms with Gasteiger partial charge in [0, 0.05) is 18.3 Å². The van der Waals surface area contributed by atoms with Gasteiger partial charge >= 0.3 is 0 Å². The predicted octanol–water partition coefficient (Wildman–Crippen LogP) is 5.46. The summed E-state index contributed by atoms with van der Waals surface area (Å²) in [7, 11) is 0. The van der Waals surface area contributed by atoms with Crippen LogP contribution in [0.3, 0.4) is 0 Å². The van der Waals surface area contributed by atoms with Crippen LogP contribution in [0.15, 0.2) is 33.2 Å². The maximum absolute atomic E-state index is 5.38. The molecule has 1 aromatic carbocycles. The van der Waals surface area contributed by atoms with Gasteiger partial charge in [0.05, 0.1) is 0 Å². The second kappa shape index (κ2) is 14.7. The number of aliphatic imine (C=N–C) groups is 3. The minimum atomic E-state index is 0.281. The fourth-order valence-electron chi connectivity index (χ4n) is 3.07. The van der Waals surface area contributed by atoms with Gasteiger partial charge in [0.1, 0.15) is 6.73 Å². The number of ether oxygens (including phenoxy) is 1. The van der Waals surface area contributed by atoms with Crippen molar-refractivity contribution in [3.8, 4) is 0 Å². The Hall–Kier alpha value is -2.21. The van der Waals surface area contributed by atoms with Crippen molar-refractivity contribution in [2.24, 2.45) is 15.0 Å². The molecule has 1 aliphatic rings. The normalized spacial score (nSPS) is 15.8. The standard InChI is InChI=1S/C21H33N5O.C2H6/c1-5-27-15-23-21(24-18-10-8-6-7-9-11-18)26-20(22-4)25-19-13-12-16(2)17(3)14-19;1-2/h12-14,18H,4-11,15H2,1-3H3,(H2,23,24,25,26);1-2H3. The van der Waals surface area contributed by atoms with E-state index in [1.165, 1.54) is 36.8 Å². The van der Waals surface area contributed by atoms with Crippen LogP contribution >= 0.6 is 0 Å². The number of hydrogen-bond acceptors (Lipinski definition) is 2. The maximum Gasteiger partial charge on any atom is 0.229 e. The third-order valence-electron chi connectivity index (χ3n) is 4.82. The van der Waals surface area contributed by atoms with Gasteiger partial charge < -0.3 is 15.4 Å². The first kappa shape index (κ1) is 24.8. The van der Waals surface area contributed by atoms with E-state index in [0.29, 0.717) is 24.6 Å². The highest BCUT2D eigenvalue weighted by Gasteiger charge is 2.14. The molecule has 162 valence electrons. The first-order chi connectivity index (χ1) is 14.1. The highest BCUT2D eigenvalue weighted by atomic mass is 16.5. The number of nitrogens with zero attached hydrogens (tertiary/aromatic N) is 3. The summed E-state index contributed by atoms with van der Waals surface area (Å²) in [4.78, 5) is 13.1. The number of benzene rings is 1. The van der Waals surface area contributed by atoms with Crippen molar-refractivity contribution < 1.29 is 4.74 Å². The van der Waals surface area contributed by atoms with Crippen molar-refractivity contribution in [1.82, 2.24) is 5.32 Å². The molecule has 0 aliphatic heterocycles. The van der Waals surface area contributed by atoms with E-state index in [0.717, 1.165) is 18.5 Å². The van der Waals surface area contributed by atoms with Crippen molar-refractivity contribution in [3.63, 3.8) is 0 Å². The van der Waals surface area contributed by atoms with Crippen molar-refractivity contribution in [1.29, 1.82) is 0 Å². The minimum absolute atomic E-state index is 0.281. The van der Waals surface area contributed by atoms with Crippen LogP contribution in [0.4, 0.5) is 5.69 Å². The van der Waals surface area contributed by atoms with Crippen LogP contribution in [0.1, 0.15) is 70.4 Å². The molecule has 0 aromatic heterocycles. The van der Waals surface area contributed by atoms with Gasteiger partial charge in [-0.15, -0.1) is 0 Å². The Kier molecular flexibility index (Phi) is 12.6. The monoisotopic (exact) mass is 401 g/mol. The number of guanidine groups is 2. The average molecular weight is 402 g/mol. The smallest absolute Gasteiger partial charge is 0.229 e. The molecule has 0 saturated heterocycles. The lowest BCUT2D eigenvalue weighted by molar-refractivity contribution is 0.156. The highest BCUT2D eigenvalue weighted by molar-refractivity contribution is 6.03. The molecule has 0 heterocycles. The predicted molar refractivity (Wildman–Crippen MR) is 126 cm³/mol. The van der Waals surface area contributed by atoms with E-state index in [1.54, 1.807) is 0 Å². The van der Waals surface area contributed by atoms with E-state index in [2.05, 4.69) is 58.3 Å². The summed E-state index contributed by atoms with van der Waals surface area (Å²) in [5.74, 6) is 0.976. The number of hydrogen-bond donors (Lipinski definition) is 2. The highest BCUT2D eigenvalue weighted by Crippen LogP contribution is 2.17. The quantitative estimate of drug-likeness (QED) is 0.298. The Morgan fingerprint density at radius 3 is 2.34 bits per heavy atom. The lowest BCUT2D eigenvalue weighted by Gasteiger charge is -2.17. The van der Waals surface area contributed by atoms with Crippen molar-refractivity contribution in [2.75, 3.05) is 18.7 Å². The van der Waals surface area contributed by atoms with Crippen molar-refractivity contribution >= 4 is 24.3 Å². The maximum atomic E-state index is 5.38. The number of rotatable bonds is 5. The van der Waals surface area contributed by atoms with Crippen molar-refractivity contribution in [2.45, 2.75) is 79.2 Å². The minimum Gasteiger partial charge on any atom is -0.359 e. The Balaban J connectivity index is 0.00000204. The topological polar surface area (TPSA) is 70.4 Å². The molecule has 1 aromatic rings. The molecule has 29 heavy (non-hydrogen) atoms. The lowest BCUT2D eigenvalue weighted by atomic mass is 10.1. The molecule has 1 aliphatic carbocycles. The molecule has 0 unspecified atom stereocenters. The molecule has 0 bridgehead atoms. The van der Waals surface area contributed by atoms with E-state index in [4.69, 9.17) is 4.74 Å². The molecule has 6 nitrogen and oxygen atoms in total. The summed E-state index contributed by atoms with van der Waals surface area (Å²) in [6, 6.07) is 6.56. The van der Waals surface area contributed by atoms with Crippen LogP contribution in [0.2, 0.25) is 0 Å². The van der Waals surface area contributed by atoms with Gasteiger partial charge in [-0.2, -0.15) is 4.99 Å². The van der Waals surface area contributed by atoms with Gasteiger partial charge in [-0.05, 0) is 63.6 Å². The Morgan fingerprint density at radius 2 is 1.76 bits per heavy atom. The fraction of sp³-hybridized carbons (Fsp3) is 0.609. The third kappa shape index (κ3) is 9.70. The Morgan fingerprint density at radius 1 is 1.07 bits per heavy atom. The van der Waals surface area contributed by atoms with Gasteiger partial charge in [-0.1, -0.05) is 45.6 Å². The molecule has 0 amide bonds. The zero-order valence-corrected chi connectivity index (χ0v) is 18.9. The van der Waals surface area contributed by atoms with Crippen LogP contribution in [-0.4, -0.2) is 38.0 Å². The molecule has 6 heteroatoms. The summed E-state index contributed by atoms with van der Waals surface area (Å²) in [6.45, 7) is 14.7. The van der Waals surface area contributed by atoms with Gasteiger partial charge in [0.15, 0.2) is 0 Å². The Bertz CT molecular complexity index is 661. The van der Waals surface area contributed by atoms with Crippen LogP contribution in [0, 0.1) is 13.8 Å². The number of nitrogens with one attached hydrogen (secondary N) is 2. The van der Waals surface area contributed by atoms with Gasteiger partial charge in [-0.3, -0.25) is 0 Å².